The molecular weight excluding hydrogens is 517 g/mol. The summed E-state index contributed by atoms with van der Waals surface area (Å²) >= 11 is 0. The van der Waals surface area contributed by atoms with Gasteiger partial charge in [0, 0.05) is 50.9 Å². The first kappa shape index (κ1) is 32.2. The Balaban J connectivity index is 0.000000341. The maximum Gasteiger partial charge on any atom is 0.422 e. The number of nitrogens with zero attached hydrogens (tertiary/aromatic N) is 4. The second kappa shape index (κ2) is 16.9. The Morgan fingerprint density at radius 1 is 1.21 bits per heavy atom. The SMILES string of the molecule is C=NC.Cc1cc(OCC=O)no1.OC(CN1CCc2ccc(OCC(F)(F)F)nc2CC1)C1CCCCC1. The fraction of sp³-hybridized carbons (Fsp3) is 0.630. The van der Waals surface area contributed by atoms with Crippen LogP contribution in [-0.2, 0) is 17.6 Å². The zero-order chi connectivity index (χ0) is 28.7. The van der Waals surface area contributed by atoms with Gasteiger partial charge in [-0.2, -0.15) is 13.2 Å². The molecule has 1 aliphatic heterocycles. The van der Waals surface area contributed by atoms with Gasteiger partial charge < -0.3 is 29.0 Å². The van der Waals surface area contributed by atoms with E-state index in [-0.39, 0.29) is 18.6 Å². The summed E-state index contributed by atoms with van der Waals surface area (Å²) in [7, 11) is 1.64. The minimum atomic E-state index is -4.36. The van der Waals surface area contributed by atoms with Gasteiger partial charge in [-0.05, 0) is 49.5 Å². The highest BCUT2D eigenvalue weighted by Gasteiger charge is 2.29. The van der Waals surface area contributed by atoms with Gasteiger partial charge in [-0.15, -0.1) is 0 Å². The highest BCUT2D eigenvalue weighted by molar-refractivity contribution is 5.51. The smallest absolute Gasteiger partial charge is 0.422 e. The first-order valence-electron chi connectivity index (χ1n) is 13.1. The molecule has 0 bridgehead atoms. The summed E-state index contributed by atoms with van der Waals surface area (Å²) < 4.78 is 51.1. The van der Waals surface area contributed by atoms with E-state index in [0.717, 1.165) is 43.6 Å². The fourth-order valence-corrected chi connectivity index (χ4v) is 4.49. The first-order chi connectivity index (χ1) is 18.6. The van der Waals surface area contributed by atoms with Crippen molar-refractivity contribution < 1.29 is 37.1 Å². The predicted molar refractivity (Wildman–Crippen MR) is 140 cm³/mol. The third kappa shape index (κ3) is 12.6. The minimum Gasteiger partial charge on any atom is -0.468 e. The maximum absolute atomic E-state index is 12.3. The Morgan fingerprint density at radius 3 is 2.51 bits per heavy atom. The molecule has 2 aromatic heterocycles. The van der Waals surface area contributed by atoms with Crippen LogP contribution in [0.2, 0.25) is 0 Å². The molecule has 0 aromatic carbocycles. The highest BCUT2D eigenvalue weighted by atomic mass is 19.4. The summed E-state index contributed by atoms with van der Waals surface area (Å²) in [5.41, 5.74) is 1.86. The number of β-amino-alcohol motifs (C(OH)–C–C–N with tert-alkyl or cyclic N) is 1. The lowest BCUT2D eigenvalue weighted by Crippen LogP contribution is -2.38. The van der Waals surface area contributed by atoms with Gasteiger partial charge in [-0.25, -0.2) is 4.98 Å². The molecule has 2 aromatic rings. The Labute approximate surface area is 227 Å². The van der Waals surface area contributed by atoms with Crippen molar-refractivity contribution in [1.29, 1.82) is 0 Å². The van der Waals surface area contributed by atoms with E-state index < -0.39 is 12.8 Å². The number of rotatable bonds is 8. The molecule has 1 N–H and O–H groups in total. The number of fused-ring (bicyclic) bond motifs is 1. The summed E-state index contributed by atoms with van der Waals surface area (Å²) in [6, 6.07) is 4.94. The number of aliphatic imine (C=N–C) groups is 1. The lowest BCUT2D eigenvalue weighted by Gasteiger charge is -2.30. The monoisotopic (exact) mass is 556 g/mol. The second-order valence-electron chi connectivity index (χ2n) is 9.49. The minimum absolute atomic E-state index is 0.0198. The molecule has 218 valence electrons. The molecule has 2 aliphatic rings. The van der Waals surface area contributed by atoms with Crippen LogP contribution in [0.25, 0.3) is 0 Å². The number of alkyl halides is 3. The quantitative estimate of drug-likeness (QED) is 0.380. The lowest BCUT2D eigenvalue weighted by molar-refractivity contribution is -0.154. The topological polar surface area (TPSA) is 110 Å². The van der Waals surface area contributed by atoms with Crippen molar-refractivity contribution in [2.45, 2.75) is 64.1 Å². The average molecular weight is 557 g/mol. The van der Waals surface area contributed by atoms with E-state index in [1.54, 1.807) is 20.0 Å². The number of hydrogen-bond donors (Lipinski definition) is 1. The number of aldehydes is 1. The Morgan fingerprint density at radius 2 is 1.90 bits per heavy atom. The van der Waals surface area contributed by atoms with Crippen LogP contribution in [0.4, 0.5) is 13.2 Å². The van der Waals surface area contributed by atoms with E-state index in [4.69, 9.17) is 9.47 Å². The Hall–Kier alpha value is -2.99. The van der Waals surface area contributed by atoms with Crippen LogP contribution in [-0.4, -0.2) is 85.3 Å². The fourth-order valence-electron chi connectivity index (χ4n) is 4.49. The van der Waals surface area contributed by atoms with Crippen molar-refractivity contribution in [2.75, 3.05) is 39.9 Å². The molecule has 0 amide bonds. The number of aryl methyl sites for hydroxylation is 1. The van der Waals surface area contributed by atoms with Gasteiger partial charge in [-0.1, -0.05) is 25.3 Å². The zero-order valence-electron chi connectivity index (χ0n) is 22.7. The van der Waals surface area contributed by atoms with Gasteiger partial charge in [0.15, 0.2) is 12.9 Å². The van der Waals surface area contributed by atoms with E-state index in [1.165, 1.54) is 25.3 Å². The van der Waals surface area contributed by atoms with E-state index in [0.29, 0.717) is 36.8 Å². The van der Waals surface area contributed by atoms with Gasteiger partial charge in [0.1, 0.15) is 12.4 Å². The largest absolute Gasteiger partial charge is 0.468 e. The van der Waals surface area contributed by atoms with E-state index in [2.05, 4.69) is 31.3 Å². The third-order valence-electron chi connectivity index (χ3n) is 6.33. The number of carbonyl (C=O) groups excluding carboxylic acids is 1. The average Bonchev–Trinajstić information content (AvgIpc) is 3.23. The van der Waals surface area contributed by atoms with Crippen LogP contribution in [0.15, 0.2) is 27.7 Å². The van der Waals surface area contributed by atoms with Crippen molar-refractivity contribution in [3.05, 3.63) is 35.2 Å². The summed E-state index contributed by atoms with van der Waals surface area (Å²) in [6.07, 6.45) is 3.35. The number of halogens is 3. The van der Waals surface area contributed by atoms with Gasteiger partial charge in [0.25, 0.3) is 5.88 Å². The number of carbonyl (C=O) groups is 1. The van der Waals surface area contributed by atoms with E-state index in [1.807, 2.05) is 6.07 Å². The van der Waals surface area contributed by atoms with Gasteiger partial charge >= 0.3 is 6.18 Å². The van der Waals surface area contributed by atoms with Gasteiger partial charge in [-0.3, -0.25) is 4.79 Å². The van der Waals surface area contributed by atoms with Crippen molar-refractivity contribution in [3.63, 3.8) is 0 Å². The summed E-state index contributed by atoms with van der Waals surface area (Å²) in [5.74, 6) is 1.44. The second-order valence-corrected chi connectivity index (χ2v) is 9.49. The van der Waals surface area contributed by atoms with Gasteiger partial charge in [0.2, 0.25) is 5.88 Å². The molecule has 1 aliphatic carbocycles. The van der Waals surface area contributed by atoms with Gasteiger partial charge in [0.05, 0.1) is 6.10 Å². The molecule has 3 heterocycles. The molecule has 1 unspecified atom stereocenters. The number of pyridine rings is 1. The van der Waals surface area contributed by atoms with E-state index >= 15 is 0 Å². The lowest BCUT2D eigenvalue weighted by atomic mass is 9.85. The number of aliphatic hydroxyl groups is 1. The van der Waals surface area contributed by atoms with E-state index in [9.17, 15) is 23.1 Å². The van der Waals surface area contributed by atoms with Crippen LogP contribution in [0, 0.1) is 12.8 Å². The third-order valence-corrected chi connectivity index (χ3v) is 6.33. The molecule has 0 radical (unpaired) electrons. The standard InChI is InChI=1S/C19H27F3N2O2.C6H7NO3.C2H5N/c20-19(21,22)13-26-18-7-6-14-8-10-24(11-9-16(14)23-18)12-17(25)15-4-2-1-3-5-15;1-5-4-6(7-10-5)9-3-2-8;1-3-2/h6-7,15,17,25H,1-5,8-13H2;2,4H,3H2,1H3;1H2,2H3. The molecule has 39 heavy (non-hydrogen) atoms. The molecule has 0 spiro atoms. The molecule has 9 nitrogen and oxygen atoms in total. The number of hydrogen-bond acceptors (Lipinski definition) is 9. The number of aromatic nitrogens is 2. The normalized spacial score (nSPS) is 16.8. The highest BCUT2D eigenvalue weighted by Crippen LogP contribution is 2.27. The first-order valence-corrected chi connectivity index (χ1v) is 13.1. The molecule has 0 saturated heterocycles. The molecule has 1 saturated carbocycles. The van der Waals surface area contributed by atoms with Crippen LogP contribution in [0.3, 0.4) is 0 Å². The summed E-state index contributed by atoms with van der Waals surface area (Å²) in [4.78, 5) is 19.6. The summed E-state index contributed by atoms with van der Waals surface area (Å²) in [6.45, 7) is 5.81. The van der Waals surface area contributed by atoms with Crippen LogP contribution >= 0.6 is 0 Å². The Bertz CT molecular complexity index is 996. The summed E-state index contributed by atoms with van der Waals surface area (Å²) in [5, 5.41) is 14.0. The van der Waals surface area contributed by atoms with Crippen molar-refractivity contribution in [2.24, 2.45) is 10.9 Å². The molecular formula is C27H39F3N4O5. The zero-order valence-corrected chi connectivity index (χ0v) is 22.7. The number of aliphatic hydroxyl groups excluding tert-OH is 1. The predicted octanol–water partition coefficient (Wildman–Crippen LogP) is 4.24. The van der Waals surface area contributed by atoms with Crippen LogP contribution in [0.1, 0.15) is 49.1 Å². The number of ether oxygens (including phenoxy) is 2. The maximum atomic E-state index is 12.3. The van der Waals surface area contributed by atoms with Crippen molar-refractivity contribution >= 4 is 13.0 Å². The van der Waals surface area contributed by atoms with Crippen LogP contribution < -0.4 is 9.47 Å². The molecule has 4 rings (SSSR count). The Kier molecular flexibility index (Phi) is 13.9. The van der Waals surface area contributed by atoms with Crippen molar-refractivity contribution in [1.82, 2.24) is 15.0 Å². The molecule has 1 fully saturated rings. The van der Waals surface area contributed by atoms with Crippen molar-refractivity contribution in [3.8, 4) is 11.8 Å². The molecule has 12 heteroatoms. The molecule has 1 atom stereocenters. The van der Waals surface area contributed by atoms with Crippen LogP contribution in [0.5, 0.6) is 11.8 Å².